The summed E-state index contributed by atoms with van der Waals surface area (Å²) >= 11 is 0. The van der Waals surface area contributed by atoms with Gasteiger partial charge in [-0.15, -0.1) is 0 Å². The van der Waals surface area contributed by atoms with Crippen LogP contribution in [0.25, 0.3) is 0 Å². The molecule has 0 aliphatic heterocycles. The zero-order valence-corrected chi connectivity index (χ0v) is 15.7. The molecule has 0 bridgehead atoms. The first-order valence-electron chi connectivity index (χ1n) is 8.35. The molecule has 0 spiro atoms. The van der Waals surface area contributed by atoms with Gasteiger partial charge in [0.25, 0.3) is 15.9 Å². The predicted octanol–water partition coefficient (Wildman–Crippen LogP) is 3.38. The molecule has 6 heteroatoms. The molecule has 1 amide bonds. The van der Waals surface area contributed by atoms with Gasteiger partial charge in [-0.25, -0.2) is 8.42 Å². The Bertz CT molecular complexity index is 820. The summed E-state index contributed by atoms with van der Waals surface area (Å²) in [4.78, 5) is 14.2. The summed E-state index contributed by atoms with van der Waals surface area (Å²) in [6, 6.07) is 15.2. The van der Waals surface area contributed by atoms with Gasteiger partial charge in [0, 0.05) is 25.7 Å². The van der Waals surface area contributed by atoms with E-state index in [1.54, 1.807) is 55.3 Å². The number of anilines is 1. The number of hydrogen-bond acceptors (Lipinski definition) is 3. The van der Waals surface area contributed by atoms with Gasteiger partial charge < -0.3 is 4.90 Å². The van der Waals surface area contributed by atoms with Crippen LogP contribution in [0.2, 0.25) is 0 Å². The fraction of sp³-hybridized carbons (Fsp3) is 0.316. The van der Waals surface area contributed by atoms with E-state index in [1.807, 2.05) is 13.0 Å². The molecule has 0 heterocycles. The number of sulfonamides is 1. The Morgan fingerprint density at radius 2 is 1.68 bits per heavy atom. The number of amides is 1. The molecule has 2 rings (SSSR count). The average molecular weight is 360 g/mol. The molecule has 2 aromatic rings. The van der Waals surface area contributed by atoms with Crippen molar-refractivity contribution in [3.8, 4) is 0 Å². The largest absolute Gasteiger partial charge is 0.342 e. The summed E-state index contributed by atoms with van der Waals surface area (Å²) < 4.78 is 27.4. The molecule has 0 N–H and O–H groups in total. The number of para-hydroxylation sites is 1. The number of hydrogen-bond donors (Lipinski definition) is 0. The van der Waals surface area contributed by atoms with Crippen molar-refractivity contribution >= 4 is 21.6 Å². The van der Waals surface area contributed by atoms with Crippen molar-refractivity contribution in [1.82, 2.24) is 4.90 Å². The summed E-state index contributed by atoms with van der Waals surface area (Å²) in [6.07, 6.45) is 0.845. The van der Waals surface area contributed by atoms with Crippen molar-refractivity contribution < 1.29 is 13.2 Å². The van der Waals surface area contributed by atoms with E-state index >= 15 is 0 Å². The molecule has 0 unspecified atom stereocenters. The van der Waals surface area contributed by atoms with E-state index in [-0.39, 0.29) is 10.8 Å². The van der Waals surface area contributed by atoms with E-state index in [2.05, 4.69) is 0 Å². The average Bonchev–Trinajstić information content (AvgIpc) is 2.62. The molecule has 2 aromatic carbocycles. The second kappa shape index (κ2) is 8.16. The highest BCUT2D eigenvalue weighted by Crippen LogP contribution is 2.24. The van der Waals surface area contributed by atoms with E-state index in [0.717, 1.165) is 6.42 Å². The van der Waals surface area contributed by atoms with Crippen LogP contribution in [0.3, 0.4) is 0 Å². The number of rotatable bonds is 7. The first kappa shape index (κ1) is 19.0. The van der Waals surface area contributed by atoms with Crippen LogP contribution in [0.1, 0.15) is 30.6 Å². The van der Waals surface area contributed by atoms with E-state index < -0.39 is 10.0 Å². The van der Waals surface area contributed by atoms with Gasteiger partial charge in [0.05, 0.1) is 10.6 Å². The van der Waals surface area contributed by atoms with Crippen molar-refractivity contribution in [2.45, 2.75) is 25.2 Å². The molecular weight excluding hydrogens is 336 g/mol. The fourth-order valence-corrected chi connectivity index (χ4v) is 4.18. The van der Waals surface area contributed by atoms with Crippen molar-refractivity contribution in [2.75, 3.05) is 24.4 Å². The lowest BCUT2D eigenvalue weighted by molar-refractivity contribution is 0.0795. The van der Waals surface area contributed by atoms with E-state index in [9.17, 15) is 13.2 Å². The standard InChI is InChI=1S/C19H24N2O3S/c1-4-14-20(3)19(22)16-10-9-13-18(15-16)25(23,24)21(5-2)17-11-7-6-8-12-17/h6-13,15H,4-5,14H2,1-3H3. The lowest BCUT2D eigenvalue weighted by atomic mass is 10.2. The van der Waals surface area contributed by atoms with Gasteiger partial charge in [0.2, 0.25) is 0 Å². The van der Waals surface area contributed by atoms with Crippen molar-refractivity contribution in [2.24, 2.45) is 0 Å². The molecular formula is C19H24N2O3S. The van der Waals surface area contributed by atoms with Gasteiger partial charge in [0.1, 0.15) is 0 Å². The van der Waals surface area contributed by atoms with Gasteiger partial charge in [-0.2, -0.15) is 0 Å². The van der Waals surface area contributed by atoms with Crippen molar-refractivity contribution in [3.05, 3.63) is 60.2 Å². The molecule has 5 nitrogen and oxygen atoms in total. The van der Waals surface area contributed by atoms with Crippen LogP contribution < -0.4 is 4.31 Å². The Kier molecular flexibility index (Phi) is 6.20. The monoisotopic (exact) mass is 360 g/mol. The van der Waals surface area contributed by atoms with Gasteiger partial charge >= 0.3 is 0 Å². The zero-order valence-electron chi connectivity index (χ0n) is 14.8. The lowest BCUT2D eigenvalue weighted by Gasteiger charge is -2.23. The van der Waals surface area contributed by atoms with Crippen LogP contribution in [0, 0.1) is 0 Å². The molecule has 134 valence electrons. The minimum absolute atomic E-state index is 0.119. The van der Waals surface area contributed by atoms with Crippen LogP contribution in [0.4, 0.5) is 5.69 Å². The highest BCUT2D eigenvalue weighted by molar-refractivity contribution is 7.92. The summed E-state index contributed by atoms with van der Waals surface area (Å²) in [5, 5.41) is 0. The summed E-state index contributed by atoms with van der Waals surface area (Å²) in [5.41, 5.74) is 0.978. The fourth-order valence-electron chi connectivity index (χ4n) is 2.66. The van der Waals surface area contributed by atoms with Gasteiger partial charge in [-0.1, -0.05) is 31.2 Å². The van der Waals surface area contributed by atoms with Crippen LogP contribution in [-0.4, -0.2) is 39.4 Å². The lowest BCUT2D eigenvalue weighted by Crippen LogP contribution is -2.31. The molecule has 0 radical (unpaired) electrons. The maximum atomic E-state index is 13.0. The Labute approximate surface area is 149 Å². The normalized spacial score (nSPS) is 11.2. The molecule has 25 heavy (non-hydrogen) atoms. The predicted molar refractivity (Wildman–Crippen MR) is 100 cm³/mol. The van der Waals surface area contributed by atoms with Gasteiger partial charge in [-0.05, 0) is 43.7 Å². The summed E-state index contributed by atoms with van der Waals surface area (Å²) in [6.45, 7) is 4.71. The van der Waals surface area contributed by atoms with Crippen LogP contribution in [0.15, 0.2) is 59.5 Å². The highest BCUT2D eigenvalue weighted by atomic mass is 32.2. The number of benzene rings is 2. The highest BCUT2D eigenvalue weighted by Gasteiger charge is 2.24. The first-order valence-corrected chi connectivity index (χ1v) is 9.79. The number of carbonyl (C=O) groups excluding carboxylic acids is 1. The topological polar surface area (TPSA) is 57.7 Å². The molecule has 0 saturated carbocycles. The first-order chi connectivity index (χ1) is 11.9. The van der Waals surface area contributed by atoms with E-state index in [0.29, 0.717) is 24.3 Å². The minimum Gasteiger partial charge on any atom is -0.342 e. The number of nitrogens with zero attached hydrogens (tertiary/aromatic N) is 2. The second-order valence-electron chi connectivity index (χ2n) is 5.76. The third-order valence-electron chi connectivity index (χ3n) is 3.91. The van der Waals surface area contributed by atoms with Crippen molar-refractivity contribution in [1.29, 1.82) is 0 Å². The van der Waals surface area contributed by atoms with E-state index in [1.165, 1.54) is 16.4 Å². The smallest absolute Gasteiger partial charge is 0.264 e. The molecule has 0 atom stereocenters. The summed E-state index contributed by atoms with van der Waals surface area (Å²) in [5.74, 6) is -0.179. The quantitative estimate of drug-likeness (QED) is 0.760. The van der Waals surface area contributed by atoms with Gasteiger partial charge in [0.15, 0.2) is 0 Å². The Morgan fingerprint density at radius 3 is 2.28 bits per heavy atom. The Balaban J connectivity index is 2.40. The van der Waals surface area contributed by atoms with Crippen LogP contribution in [-0.2, 0) is 10.0 Å². The van der Waals surface area contributed by atoms with Crippen molar-refractivity contribution in [3.63, 3.8) is 0 Å². The van der Waals surface area contributed by atoms with Gasteiger partial charge in [-0.3, -0.25) is 9.10 Å². The maximum absolute atomic E-state index is 13.0. The maximum Gasteiger partial charge on any atom is 0.264 e. The Morgan fingerprint density at radius 1 is 1.00 bits per heavy atom. The number of carbonyl (C=O) groups is 1. The molecule has 0 fully saturated rings. The van der Waals surface area contributed by atoms with E-state index in [4.69, 9.17) is 0 Å². The third kappa shape index (κ3) is 4.20. The second-order valence-corrected chi connectivity index (χ2v) is 7.62. The molecule has 0 saturated heterocycles. The SMILES string of the molecule is CCCN(C)C(=O)c1cccc(S(=O)(=O)N(CC)c2ccccc2)c1. The van der Waals surface area contributed by atoms with Crippen LogP contribution >= 0.6 is 0 Å². The summed E-state index contributed by atoms with van der Waals surface area (Å²) in [7, 11) is -2.02. The third-order valence-corrected chi connectivity index (χ3v) is 5.81. The zero-order chi connectivity index (χ0) is 18.4. The minimum atomic E-state index is -3.74. The molecule has 0 aliphatic carbocycles. The molecule has 0 aromatic heterocycles. The molecule has 0 aliphatic rings. The Hall–Kier alpha value is -2.34. The van der Waals surface area contributed by atoms with Crippen LogP contribution in [0.5, 0.6) is 0 Å².